The summed E-state index contributed by atoms with van der Waals surface area (Å²) in [6, 6.07) is 3.80. The first-order chi connectivity index (χ1) is 8.34. The average Bonchev–Trinajstić information content (AvgIpc) is 2.38. The topological polar surface area (TPSA) is 47.0 Å². The molecule has 1 unspecified atom stereocenters. The van der Waals surface area contributed by atoms with Gasteiger partial charge in [0.05, 0.1) is 12.3 Å². The summed E-state index contributed by atoms with van der Waals surface area (Å²) in [6.45, 7) is 5.03. The first-order valence-electron chi connectivity index (χ1n) is 6.48. The van der Waals surface area contributed by atoms with Crippen LogP contribution in [0.5, 0.6) is 5.88 Å². The molecule has 0 aliphatic carbocycles. The summed E-state index contributed by atoms with van der Waals surface area (Å²) in [5, 5.41) is 11.4. The lowest BCUT2D eigenvalue weighted by atomic mass is 9.95. The smallest absolute Gasteiger partial charge is 0.233 e. The van der Waals surface area contributed by atoms with E-state index in [1.165, 1.54) is 32.4 Å². The van der Waals surface area contributed by atoms with Gasteiger partial charge in [-0.15, -0.1) is 17.5 Å². The van der Waals surface area contributed by atoms with Crippen molar-refractivity contribution in [1.29, 1.82) is 0 Å². The molecule has 1 aliphatic heterocycles. The lowest BCUT2D eigenvalue weighted by Crippen LogP contribution is -2.29. The molecule has 0 bridgehead atoms. The highest BCUT2D eigenvalue weighted by Crippen LogP contribution is 2.16. The molecule has 5 heteroatoms. The van der Waals surface area contributed by atoms with Crippen LogP contribution in [0.2, 0.25) is 0 Å². The minimum atomic E-state index is 0. The van der Waals surface area contributed by atoms with Crippen LogP contribution < -0.4 is 10.1 Å². The van der Waals surface area contributed by atoms with Gasteiger partial charge in [0.15, 0.2) is 0 Å². The molecule has 1 aromatic rings. The maximum absolute atomic E-state index is 5.56. The number of hydrogen-bond donors (Lipinski definition) is 1. The van der Waals surface area contributed by atoms with Gasteiger partial charge in [0.2, 0.25) is 5.88 Å². The Kier molecular flexibility index (Phi) is 6.98. The minimum absolute atomic E-state index is 0. The highest BCUT2D eigenvalue weighted by Gasteiger charge is 2.12. The number of nitrogens with zero attached hydrogens (tertiary/aromatic N) is 2. The van der Waals surface area contributed by atoms with E-state index in [-0.39, 0.29) is 12.4 Å². The molecule has 0 aromatic carbocycles. The number of halogens is 1. The third kappa shape index (κ3) is 5.19. The van der Waals surface area contributed by atoms with Gasteiger partial charge in [0.25, 0.3) is 0 Å². The van der Waals surface area contributed by atoms with Crippen molar-refractivity contribution in [3.05, 3.63) is 17.8 Å². The maximum atomic E-state index is 5.56. The fourth-order valence-electron chi connectivity index (χ4n) is 2.18. The molecule has 102 valence electrons. The predicted molar refractivity (Wildman–Crippen MR) is 74.3 cm³/mol. The second-order valence-corrected chi connectivity index (χ2v) is 4.72. The molecule has 1 N–H and O–H groups in total. The summed E-state index contributed by atoms with van der Waals surface area (Å²) in [4.78, 5) is 0. The lowest BCUT2D eigenvalue weighted by Gasteiger charge is -2.22. The van der Waals surface area contributed by atoms with E-state index in [1.54, 1.807) is 0 Å². The highest BCUT2D eigenvalue weighted by atomic mass is 35.5. The van der Waals surface area contributed by atoms with E-state index >= 15 is 0 Å². The van der Waals surface area contributed by atoms with E-state index in [9.17, 15) is 0 Å². The molecule has 1 aromatic heterocycles. The number of hydrogen-bond acceptors (Lipinski definition) is 4. The monoisotopic (exact) mass is 271 g/mol. The van der Waals surface area contributed by atoms with Crippen molar-refractivity contribution in [3.63, 3.8) is 0 Å². The molecule has 1 aliphatic rings. The van der Waals surface area contributed by atoms with Gasteiger partial charge in [-0.3, -0.25) is 0 Å². The summed E-state index contributed by atoms with van der Waals surface area (Å²) in [5.74, 6) is 1.47. The van der Waals surface area contributed by atoms with Gasteiger partial charge in [0.1, 0.15) is 0 Å². The molecule has 4 nitrogen and oxygen atoms in total. The fourth-order valence-corrected chi connectivity index (χ4v) is 2.18. The summed E-state index contributed by atoms with van der Waals surface area (Å²) < 4.78 is 5.56. The zero-order valence-corrected chi connectivity index (χ0v) is 11.7. The fraction of sp³-hybridized carbons (Fsp3) is 0.692. The third-order valence-electron chi connectivity index (χ3n) is 3.18. The maximum Gasteiger partial charge on any atom is 0.233 e. The van der Waals surface area contributed by atoms with Gasteiger partial charge in [-0.25, -0.2) is 0 Å². The Bertz CT molecular complexity index is 326. The van der Waals surface area contributed by atoms with Crippen LogP contribution in [0.25, 0.3) is 0 Å². The van der Waals surface area contributed by atoms with E-state index < -0.39 is 0 Å². The summed E-state index contributed by atoms with van der Waals surface area (Å²) in [7, 11) is 0. The van der Waals surface area contributed by atoms with Crippen molar-refractivity contribution in [1.82, 2.24) is 15.5 Å². The quantitative estimate of drug-likeness (QED) is 0.836. The largest absolute Gasteiger partial charge is 0.477 e. The predicted octanol–water partition coefficient (Wildman–Crippen LogP) is 2.37. The van der Waals surface area contributed by atoms with Crippen LogP contribution in [0.4, 0.5) is 0 Å². The Morgan fingerprint density at radius 1 is 1.39 bits per heavy atom. The zero-order valence-electron chi connectivity index (χ0n) is 10.9. The molecule has 18 heavy (non-hydrogen) atoms. The summed E-state index contributed by atoms with van der Waals surface area (Å²) >= 11 is 0. The van der Waals surface area contributed by atoms with Crippen LogP contribution >= 0.6 is 12.4 Å². The Morgan fingerprint density at radius 2 is 2.28 bits per heavy atom. The number of nitrogens with one attached hydrogen (secondary N) is 1. The van der Waals surface area contributed by atoms with Crippen molar-refractivity contribution < 1.29 is 4.74 Å². The Morgan fingerprint density at radius 3 is 2.94 bits per heavy atom. The summed E-state index contributed by atoms with van der Waals surface area (Å²) in [5.41, 5.74) is 0.922. The van der Waals surface area contributed by atoms with E-state index in [4.69, 9.17) is 4.74 Å². The molecule has 1 fully saturated rings. The van der Waals surface area contributed by atoms with Crippen molar-refractivity contribution in [2.45, 2.75) is 32.6 Å². The molecule has 0 spiro atoms. The van der Waals surface area contributed by atoms with E-state index in [0.717, 1.165) is 24.6 Å². The molecule has 0 amide bonds. The summed E-state index contributed by atoms with van der Waals surface area (Å²) in [6.07, 6.45) is 5.01. The SMILES string of the molecule is Cc1ccc(OCCCC2CCCNC2)nn1.Cl. The van der Waals surface area contributed by atoms with Gasteiger partial charge >= 0.3 is 0 Å². The molecular formula is C13H22ClN3O. The molecule has 0 saturated carbocycles. The van der Waals surface area contributed by atoms with Gasteiger partial charge in [0, 0.05) is 6.07 Å². The highest BCUT2D eigenvalue weighted by molar-refractivity contribution is 5.85. The zero-order chi connectivity index (χ0) is 11.9. The molecular weight excluding hydrogens is 250 g/mol. The Hall–Kier alpha value is -0.870. The van der Waals surface area contributed by atoms with Crippen LogP contribution in [-0.4, -0.2) is 29.9 Å². The first kappa shape index (κ1) is 15.2. The number of ether oxygens (including phenoxy) is 1. The molecule has 1 saturated heterocycles. The number of rotatable bonds is 5. The van der Waals surface area contributed by atoms with E-state index in [2.05, 4.69) is 15.5 Å². The van der Waals surface area contributed by atoms with Crippen LogP contribution in [0.3, 0.4) is 0 Å². The van der Waals surface area contributed by atoms with Gasteiger partial charge in [-0.1, -0.05) is 0 Å². The van der Waals surface area contributed by atoms with Crippen molar-refractivity contribution >= 4 is 12.4 Å². The number of aromatic nitrogens is 2. The normalized spacial score (nSPS) is 19.1. The lowest BCUT2D eigenvalue weighted by molar-refractivity contribution is 0.266. The first-order valence-corrected chi connectivity index (χ1v) is 6.48. The van der Waals surface area contributed by atoms with Gasteiger partial charge < -0.3 is 10.1 Å². The standard InChI is InChI=1S/C13H21N3O.ClH/c1-11-6-7-13(16-15-11)17-9-3-5-12-4-2-8-14-10-12;/h6-7,12,14H,2-5,8-10H2,1H3;1H. The molecule has 0 radical (unpaired) electrons. The Labute approximate surface area is 115 Å². The molecule has 2 rings (SSSR count). The third-order valence-corrected chi connectivity index (χ3v) is 3.18. The average molecular weight is 272 g/mol. The van der Waals surface area contributed by atoms with E-state index in [1.807, 2.05) is 19.1 Å². The second kappa shape index (κ2) is 8.27. The molecule has 1 atom stereocenters. The number of aryl methyl sites for hydroxylation is 1. The van der Waals surface area contributed by atoms with Crippen molar-refractivity contribution in [2.24, 2.45) is 5.92 Å². The van der Waals surface area contributed by atoms with Crippen LogP contribution in [0.15, 0.2) is 12.1 Å². The number of piperidine rings is 1. The molecule has 2 heterocycles. The van der Waals surface area contributed by atoms with Gasteiger partial charge in [-0.2, -0.15) is 5.10 Å². The van der Waals surface area contributed by atoms with Crippen LogP contribution in [0.1, 0.15) is 31.4 Å². The second-order valence-electron chi connectivity index (χ2n) is 4.72. The van der Waals surface area contributed by atoms with Crippen LogP contribution in [-0.2, 0) is 0 Å². The van der Waals surface area contributed by atoms with Crippen LogP contribution in [0, 0.1) is 12.8 Å². The Balaban J connectivity index is 0.00000162. The van der Waals surface area contributed by atoms with Gasteiger partial charge in [-0.05, 0) is 57.7 Å². The van der Waals surface area contributed by atoms with E-state index in [0.29, 0.717) is 5.88 Å². The van der Waals surface area contributed by atoms with Crippen molar-refractivity contribution in [3.8, 4) is 5.88 Å². The minimum Gasteiger partial charge on any atom is -0.477 e. The van der Waals surface area contributed by atoms with Crippen molar-refractivity contribution in [2.75, 3.05) is 19.7 Å².